The maximum absolute atomic E-state index is 9.03. The van der Waals surface area contributed by atoms with E-state index in [2.05, 4.69) is 282 Å². The zero-order chi connectivity index (χ0) is 89.3. The number of para-hydroxylation sites is 4. The van der Waals surface area contributed by atoms with E-state index in [9.17, 15) is 0 Å². The van der Waals surface area contributed by atoms with Gasteiger partial charge in [0.15, 0.2) is 34.9 Å². The monoisotopic (exact) mass is 1600 g/mol. The number of hydrogen-bond donors (Lipinski definition) is 0. The maximum atomic E-state index is 9.03. The van der Waals surface area contributed by atoms with Crippen molar-refractivity contribution in [3.8, 4) is 135 Å². The number of aromatic nitrogens is 8. The molecule has 0 saturated carbocycles. The quantitative estimate of drug-likeness (QED) is 0.114. The van der Waals surface area contributed by atoms with Gasteiger partial charge >= 0.3 is 0 Å². The van der Waals surface area contributed by atoms with Crippen LogP contribution in [-0.2, 0) is 0 Å². The molecule has 0 atom stereocenters. The molecule has 0 saturated heterocycles. The van der Waals surface area contributed by atoms with Crippen molar-refractivity contribution >= 4 is 117 Å². The summed E-state index contributed by atoms with van der Waals surface area (Å²) in [5, 5.41) is 11.0. The minimum Gasteiger partial charge on any atom is -0.309 e. The molecule has 0 N–H and O–H groups in total. The first-order valence-electron chi connectivity index (χ1n) is 45.2. The van der Waals surface area contributed by atoms with Gasteiger partial charge in [-0.15, -0.1) is 22.7 Å². The van der Waals surface area contributed by atoms with Gasteiger partial charge in [-0.1, -0.05) is 364 Å². The smallest absolute Gasteiger partial charge is 0.165 e. The fraction of sp³-hybridized carbons (Fsp3) is 0. The Labute approximate surface area is 725 Å². The van der Waals surface area contributed by atoms with Crippen LogP contribution in [0.1, 0.15) is 13.7 Å². The highest BCUT2D eigenvalue weighted by Gasteiger charge is 2.26. The van der Waals surface area contributed by atoms with Crippen LogP contribution in [0.3, 0.4) is 0 Å². The van der Waals surface area contributed by atoms with E-state index < -0.39 is 36.3 Å². The Morgan fingerprint density at radius 3 is 0.910 bits per heavy atom. The summed E-state index contributed by atoms with van der Waals surface area (Å²) < 4.78 is 95.9. The van der Waals surface area contributed by atoms with Crippen molar-refractivity contribution in [2.45, 2.75) is 0 Å². The van der Waals surface area contributed by atoms with Gasteiger partial charge < -0.3 is 9.13 Å². The largest absolute Gasteiger partial charge is 0.309 e. The zero-order valence-electron chi connectivity index (χ0n) is 75.0. The SMILES string of the molecule is [2H]c1c([2H])c([2H])c(-c2nc(-c3ccc(-c4ccc(-c5ccccc5)cc4)cc3)nc(-c3cc(-n4c5ccccc5c5ccccc54)cc4c3sc3cccc(-c5ccccc5)c34)n2)c([2H])c1[2H].[2H]c1c([2H])c([2H])c(-c2nc(-c3ccc(-c4cccc5ccccc45)cc3)nc(-c3cc(-n4c5ccccc5c5ccccc54)cc4c3sc3cccc(-c5ccccc5)c34)n2)c([2H])c1[2H]. The van der Waals surface area contributed by atoms with Crippen molar-refractivity contribution in [1.29, 1.82) is 0 Å². The van der Waals surface area contributed by atoms with Crippen molar-refractivity contribution in [1.82, 2.24) is 39.0 Å². The van der Waals surface area contributed by atoms with Crippen molar-refractivity contribution in [3.05, 3.63) is 424 Å². The van der Waals surface area contributed by atoms with Gasteiger partial charge in [-0.2, -0.15) is 0 Å². The summed E-state index contributed by atoms with van der Waals surface area (Å²) in [5.74, 6) is 1.21. The first-order chi connectivity index (χ1) is 64.6. The third kappa shape index (κ3) is 12.8. The molecule has 18 aromatic carbocycles. The molecule has 0 amide bonds. The van der Waals surface area contributed by atoms with Gasteiger partial charge in [0.05, 0.1) is 35.8 Å². The Balaban J connectivity index is 0.000000150. The number of fused-ring (bicyclic) bond motifs is 13. The highest BCUT2D eigenvalue weighted by Crippen LogP contribution is 2.49. The van der Waals surface area contributed by atoms with Gasteiger partial charge in [-0.3, -0.25) is 0 Å². The van der Waals surface area contributed by atoms with Crippen molar-refractivity contribution in [3.63, 3.8) is 0 Å². The fourth-order valence-corrected chi connectivity index (χ4v) is 19.7. The highest BCUT2D eigenvalue weighted by atomic mass is 32.1. The molecule has 0 fully saturated rings. The normalized spacial score (nSPS) is 12.8. The summed E-state index contributed by atoms with van der Waals surface area (Å²) in [5.41, 5.74) is 19.4. The minimum atomic E-state index is -0.485. The molecule has 8 nitrogen and oxygen atoms in total. The predicted molar refractivity (Wildman–Crippen MR) is 511 cm³/mol. The van der Waals surface area contributed by atoms with Crippen LogP contribution >= 0.6 is 22.7 Å². The molecule has 24 aromatic rings. The van der Waals surface area contributed by atoms with Crippen LogP contribution in [0.5, 0.6) is 0 Å². The molecule has 0 radical (unpaired) electrons. The summed E-state index contributed by atoms with van der Waals surface area (Å²) in [6.45, 7) is 0. The third-order valence-electron chi connectivity index (χ3n) is 22.9. The van der Waals surface area contributed by atoms with Crippen LogP contribution in [0.2, 0.25) is 0 Å². The molecule has 24 rings (SSSR count). The Bertz CT molecular complexity index is 8660. The summed E-state index contributed by atoms with van der Waals surface area (Å²) in [6, 6.07) is 121. The lowest BCUT2D eigenvalue weighted by atomic mass is 9.97. The van der Waals surface area contributed by atoms with Crippen LogP contribution in [0.4, 0.5) is 0 Å². The van der Waals surface area contributed by atoms with Crippen LogP contribution in [0.15, 0.2) is 424 Å². The number of rotatable bonds is 13. The summed E-state index contributed by atoms with van der Waals surface area (Å²) in [6.07, 6.45) is 0. The summed E-state index contributed by atoms with van der Waals surface area (Å²) in [4.78, 5) is 30.5. The van der Waals surface area contributed by atoms with Gasteiger partial charge in [0.2, 0.25) is 0 Å². The molecule has 10 heteroatoms. The lowest BCUT2D eigenvalue weighted by Crippen LogP contribution is -2.01. The molecule has 570 valence electrons. The van der Waals surface area contributed by atoms with E-state index in [1.54, 1.807) is 22.7 Å². The third-order valence-corrected chi connectivity index (χ3v) is 25.3. The van der Waals surface area contributed by atoms with Gasteiger partial charge in [0.25, 0.3) is 0 Å². The van der Waals surface area contributed by atoms with Gasteiger partial charge in [0.1, 0.15) is 0 Å². The molecule has 6 aromatic heterocycles. The Kier molecular flexibility index (Phi) is 15.3. The second kappa shape index (κ2) is 30.3. The van der Waals surface area contributed by atoms with Crippen LogP contribution in [-0.4, -0.2) is 39.0 Å². The minimum absolute atomic E-state index is 0.0124. The molecular formula is C112H70N8S2. The van der Waals surface area contributed by atoms with E-state index in [0.29, 0.717) is 34.4 Å². The maximum Gasteiger partial charge on any atom is 0.165 e. The van der Waals surface area contributed by atoms with E-state index in [1.807, 2.05) is 91.0 Å². The highest BCUT2D eigenvalue weighted by molar-refractivity contribution is 7.27. The standard InChI is InChI=1S/C57H36N4S.C55H34N4S/c1-4-15-37(16-5-1)38-27-29-39(30-28-38)40-31-33-43(34-32-40)56-58-55(42-19-8-3-9-20-42)59-57(60-56)49-36-44(61-50-24-12-10-21-46(50)47-22-11-13-25-51(47)61)35-48-53-45(41-17-6-2-7-18-41)23-14-26-52(53)62-54(48)49;1-3-15-36(16-4-1)43-25-14-28-50-51(43)46-33-40(59-48-26-11-9-22-44(48)45-23-10-12-27-49(45)59)34-47(52(46)60-50)55-57-53(38-18-5-2-6-19-38)56-54(58-55)39-31-29-37(30-32-39)42-24-13-20-35-17-7-8-21-41(35)42/h1-36H;1-34H/i3D,8D,9D,19D,20D;2D,5D,6D,18D,19D. The first-order valence-corrected chi connectivity index (χ1v) is 41.8. The van der Waals surface area contributed by atoms with E-state index >= 15 is 0 Å². The van der Waals surface area contributed by atoms with E-state index in [4.69, 9.17) is 43.6 Å². The lowest BCUT2D eigenvalue weighted by molar-refractivity contribution is 1.07. The number of benzene rings is 18. The molecular weight excluding hydrogens is 1520 g/mol. The molecule has 6 heterocycles. The van der Waals surface area contributed by atoms with Crippen molar-refractivity contribution in [2.24, 2.45) is 0 Å². The molecule has 0 spiro atoms. The van der Waals surface area contributed by atoms with Gasteiger partial charge in [-0.25, -0.2) is 29.9 Å². The molecule has 0 bridgehead atoms. The first kappa shape index (κ1) is 61.6. The lowest BCUT2D eigenvalue weighted by Gasteiger charge is -2.14. The molecule has 122 heavy (non-hydrogen) atoms. The van der Waals surface area contributed by atoms with E-state index in [0.717, 1.165) is 173 Å². The second-order valence-corrected chi connectivity index (χ2v) is 32.1. The Hall–Kier alpha value is -15.7. The van der Waals surface area contributed by atoms with Crippen molar-refractivity contribution in [2.75, 3.05) is 0 Å². The number of nitrogens with zero attached hydrogens (tertiary/aromatic N) is 8. The van der Waals surface area contributed by atoms with Crippen LogP contribution in [0, 0.1) is 0 Å². The number of thiophene rings is 2. The van der Waals surface area contributed by atoms with E-state index in [1.165, 1.54) is 0 Å². The van der Waals surface area contributed by atoms with Crippen molar-refractivity contribution < 1.29 is 13.7 Å². The Morgan fingerprint density at radius 2 is 0.500 bits per heavy atom. The molecule has 0 aliphatic carbocycles. The Morgan fingerprint density at radius 1 is 0.205 bits per heavy atom. The topological polar surface area (TPSA) is 87.2 Å². The van der Waals surface area contributed by atoms with Gasteiger partial charge in [-0.05, 0) is 127 Å². The average molecular weight is 1600 g/mol. The summed E-state index contributed by atoms with van der Waals surface area (Å²) in [7, 11) is 0. The summed E-state index contributed by atoms with van der Waals surface area (Å²) >= 11 is 3.31. The fourth-order valence-electron chi connectivity index (χ4n) is 17.3. The molecule has 0 unspecified atom stereocenters. The number of hydrogen-bond acceptors (Lipinski definition) is 8. The van der Waals surface area contributed by atoms with Crippen LogP contribution < -0.4 is 0 Å². The van der Waals surface area contributed by atoms with Gasteiger partial charge in [0, 0.05) is 107 Å². The second-order valence-electron chi connectivity index (χ2n) is 30.0. The average Bonchev–Trinajstić information content (AvgIpc) is 1.56. The van der Waals surface area contributed by atoms with E-state index in [-0.39, 0.29) is 46.9 Å². The molecule has 0 aliphatic rings. The van der Waals surface area contributed by atoms with Crippen LogP contribution in [0.25, 0.3) is 230 Å². The zero-order valence-corrected chi connectivity index (χ0v) is 66.7. The molecule has 0 aliphatic heterocycles. The predicted octanol–water partition coefficient (Wildman–Crippen LogP) is 30.2.